The second kappa shape index (κ2) is 10.2. The van der Waals surface area contributed by atoms with E-state index in [1.807, 2.05) is 84.4 Å². The molecule has 1 aliphatic carbocycles. The summed E-state index contributed by atoms with van der Waals surface area (Å²) in [6.07, 6.45) is 14.9. The number of carbonyl (C=O) groups excluding carboxylic acids is 1. The number of carbonyl (C=O) groups is 1. The van der Waals surface area contributed by atoms with Crippen LogP contribution in [0.5, 0.6) is 0 Å². The number of Topliss-reactive ketones (excluding diaryl/α,β-unsaturated/α-hetero) is 1. The molecule has 0 N–H and O–H groups in total. The molecule has 3 nitrogen and oxygen atoms in total. The number of rotatable bonds is 2. The third kappa shape index (κ3) is 5.99. The molecule has 0 aromatic carbocycles. The largest absolute Gasteiger partial charge is 1.00 e. The van der Waals surface area contributed by atoms with E-state index in [0.717, 1.165) is 41.5 Å². The van der Waals surface area contributed by atoms with Crippen molar-refractivity contribution >= 4 is 17.9 Å². The van der Waals surface area contributed by atoms with Crippen molar-refractivity contribution in [1.82, 2.24) is 0 Å². The lowest BCUT2D eigenvalue weighted by atomic mass is 9.87. The van der Waals surface area contributed by atoms with Gasteiger partial charge in [0.15, 0.2) is 30.6 Å². The van der Waals surface area contributed by atoms with Crippen molar-refractivity contribution in [2.75, 3.05) is 0 Å². The second-order valence-corrected chi connectivity index (χ2v) is 6.13. The Hall–Kier alpha value is -1.09. The number of ketones is 1. The maximum absolute atomic E-state index is 12.8. The molecule has 0 radical (unpaired) electrons. The van der Waals surface area contributed by atoms with Gasteiger partial charge in [-0.2, -0.15) is 0 Å². The van der Waals surface area contributed by atoms with Crippen molar-refractivity contribution in [2.45, 2.75) is 19.3 Å². The minimum absolute atomic E-state index is 0. The Bertz CT molecular complexity index is 747. The van der Waals surface area contributed by atoms with Gasteiger partial charge in [0.2, 0.25) is 0 Å². The van der Waals surface area contributed by atoms with E-state index in [1.165, 1.54) is 0 Å². The van der Waals surface area contributed by atoms with Crippen LogP contribution in [0.2, 0.25) is 0 Å². The quantitative estimate of drug-likeness (QED) is 0.214. The Morgan fingerprint density at radius 1 is 0.840 bits per heavy atom. The van der Waals surface area contributed by atoms with Gasteiger partial charge in [0.05, 0.1) is 0 Å². The predicted molar refractivity (Wildman–Crippen MR) is 90.0 cm³/mol. The van der Waals surface area contributed by atoms with Gasteiger partial charge in [0.25, 0.3) is 0 Å². The molecule has 0 saturated heterocycles. The normalized spacial score (nSPS) is 17.1. The number of aryl methyl sites for hydroxylation is 2. The third-order valence-electron chi connectivity index (χ3n) is 4.08. The van der Waals surface area contributed by atoms with Crippen molar-refractivity contribution in [3.63, 3.8) is 0 Å². The van der Waals surface area contributed by atoms with E-state index in [1.54, 1.807) is 0 Å². The molecule has 0 atom stereocenters. The molecule has 0 amide bonds. The molecule has 2 aromatic heterocycles. The molecule has 1 fully saturated rings. The van der Waals surface area contributed by atoms with E-state index in [-0.39, 0.29) is 53.7 Å². The van der Waals surface area contributed by atoms with Crippen molar-refractivity contribution in [3.05, 3.63) is 71.3 Å². The van der Waals surface area contributed by atoms with E-state index < -0.39 is 0 Å². The van der Waals surface area contributed by atoms with E-state index in [0.29, 0.717) is 0 Å². The first-order valence-electron chi connectivity index (χ1n) is 7.98. The van der Waals surface area contributed by atoms with Gasteiger partial charge in [-0.25, -0.2) is 9.13 Å². The summed E-state index contributed by atoms with van der Waals surface area (Å²) in [6, 6.07) is 8.08. The zero-order valence-electron chi connectivity index (χ0n) is 14.5. The summed E-state index contributed by atoms with van der Waals surface area (Å²) < 4.78 is 4.00. The van der Waals surface area contributed by atoms with Gasteiger partial charge in [0.1, 0.15) is 14.1 Å². The highest BCUT2D eigenvalue weighted by atomic mass is 127. The highest BCUT2D eigenvalue weighted by molar-refractivity contribution is 6.13. The van der Waals surface area contributed by atoms with Crippen molar-refractivity contribution in [2.24, 2.45) is 14.1 Å². The van der Waals surface area contributed by atoms with Crippen LogP contribution in [0, 0.1) is 0 Å². The molecule has 3 rings (SSSR count). The molecule has 132 valence electrons. The smallest absolute Gasteiger partial charge is 0.185 e. The summed E-state index contributed by atoms with van der Waals surface area (Å²) in [5.74, 6) is 0.189. The van der Waals surface area contributed by atoms with E-state index in [2.05, 4.69) is 0 Å². The molecule has 2 aromatic rings. The molecule has 1 aliphatic rings. The topological polar surface area (TPSA) is 24.8 Å². The van der Waals surface area contributed by atoms with Crippen LogP contribution in [0.1, 0.15) is 30.4 Å². The van der Waals surface area contributed by atoms with E-state index in [9.17, 15) is 4.79 Å². The zero-order valence-corrected chi connectivity index (χ0v) is 18.8. The van der Waals surface area contributed by atoms with Crippen LogP contribution in [0.4, 0.5) is 0 Å². The molecule has 0 unspecified atom stereocenters. The van der Waals surface area contributed by atoms with Gasteiger partial charge < -0.3 is 48.0 Å². The van der Waals surface area contributed by atoms with Gasteiger partial charge >= 0.3 is 0 Å². The van der Waals surface area contributed by atoms with E-state index in [4.69, 9.17) is 0 Å². The summed E-state index contributed by atoms with van der Waals surface area (Å²) in [5, 5.41) is 0. The summed E-state index contributed by atoms with van der Waals surface area (Å²) in [4.78, 5) is 12.8. The third-order valence-corrected chi connectivity index (χ3v) is 4.08. The number of allylic oxidation sites excluding steroid dienone is 2. The fraction of sp³-hybridized carbons (Fsp3) is 0.250. The number of halogens is 2. The fourth-order valence-electron chi connectivity index (χ4n) is 2.97. The number of nitrogens with zero attached hydrogens (tertiary/aromatic N) is 2. The Balaban J connectivity index is 0.00000156. The van der Waals surface area contributed by atoms with Gasteiger partial charge in [-0.3, -0.25) is 4.79 Å². The molecular weight excluding hydrogens is 538 g/mol. The lowest BCUT2D eigenvalue weighted by molar-refractivity contribution is -0.671. The lowest BCUT2D eigenvalue weighted by Gasteiger charge is -2.16. The SMILES string of the molecule is C[n+]1cccc(/C=C2\CCC/C(=C\c3ccc[n+](C)c3)C2=O)c1.[I-].[I-]. The Morgan fingerprint density at radius 3 is 1.68 bits per heavy atom. The second-order valence-electron chi connectivity index (χ2n) is 6.13. The number of hydrogen-bond acceptors (Lipinski definition) is 1. The molecule has 0 bridgehead atoms. The first-order chi connectivity index (χ1) is 11.1. The molecule has 5 heteroatoms. The Morgan fingerprint density at radius 2 is 1.28 bits per heavy atom. The van der Waals surface area contributed by atoms with Crippen molar-refractivity contribution in [1.29, 1.82) is 0 Å². The highest BCUT2D eigenvalue weighted by Crippen LogP contribution is 2.27. The van der Waals surface area contributed by atoms with E-state index >= 15 is 0 Å². The first kappa shape index (κ1) is 22.0. The van der Waals surface area contributed by atoms with Crippen LogP contribution in [0.3, 0.4) is 0 Å². The molecule has 2 heterocycles. The minimum Gasteiger partial charge on any atom is -1.00 e. The zero-order chi connectivity index (χ0) is 16.2. The van der Waals surface area contributed by atoms with Crippen molar-refractivity contribution in [3.8, 4) is 0 Å². The molecule has 25 heavy (non-hydrogen) atoms. The van der Waals surface area contributed by atoms with Crippen LogP contribution in [-0.2, 0) is 18.9 Å². The molecule has 0 aliphatic heterocycles. The number of pyridine rings is 2. The predicted octanol–water partition coefficient (Wildman–Crippen LogP) is -3.44. The average Bonchev–Trinajstić information content (AvgIpc) is 2.51. The summed E-state index contributed by atoms with van der Waals surface area (Å²) >= 11 is 0. The van der Waals surface area contributed by atoms with Crippen LogP contribution >= 0.6 is 0 Å². The fourth-order valence-corrected chi connectivity index (χ4v) is 2.97. The van der Waals surface area contributed by atoms with Crippen LogP contribution in [-0.4, -0.2) is 5.78 Å². The standard InChI is InChI=1S/C20H22N2O.2HI/c1-21-10-4-6-16(14-21)12-18-8-3-9-19(20(18)23)13-17-7-5-11-22(2)15-17;;/h4-7,10-15H,3,8-9H2,1-2H3;2*1H/q+2;;/p-2/b18-12+,19-13+;;. The van der Waals surface area contributed by atoms with Crippen LogP contribution < -0.4 is 57.1 Å². The Labute approximate surface area is 183 Å². The van der Waals surface area contributed by atoms with Crippen molar-refractivity contribution < 1.29 is 61.9 Å². The number of aromatic nitrogens is 2. The highest BCUT2D eigenvalue weighted by Gasteiger charge is 2.21. The number of hydrogen-bond donors (Lipinski definition) is 0. The molecule has 0 spiro atoms. The average molecular weight is 560 g/mol. The van der Waals surface area contributed by atoms with Gasteiger partial charge in [0, 0.05) is 34.4 Å². The van der Waals surface area contributed by atoms with Crippen LogP contribution in [0.25, 0.3) is 12.2 Å². The molecular formula is C20H22I2N2O. The summed E-state index contributed by atoms with van der Waals surface area (Å²) in [7, 11) is 3.98. The summed E-state index contributed by atoms with van der Waals surface area (Å²) in [5.41, 5.74) is 3.97. The first-order valence-corrected chi connectivity index (χ1v) is 7.98. The maximum Gasteiger partial charge on any atom is 0.185 e. The Kier molecular flexibility index (Phi) is 8.92. The maximum atomic E-state index is 12.8. The lowest BCUT2D eigenvalue weighted by Crippen LogP contribution is -3.00. The van der Waals surface area contributed by atoms with Gasteiger partial charge in [-0.1, -0.05) is 0 Å². The van der Waals surface area contributed by atoms with Crippen LogP contribution in [0.15, 0.2) is 60.2 Å². The van der Waals surface area contributed by atoms with Gasteiger partial charge in [-0.05, 0) is 43.5 Å². The minimum atomic E-state index is 0. The summed E-state index contributed by atoms with van der Waals surface area (Å²) in [6.45, 7) is 0. The monoisotopic (exact) mass is 560 g/mol. The molecule has 1 saturated carbocycles. The van der Waals surface area contributed by atoms with Gasteiger partial charge in [-0.15, -0.1) is 0 Å².